The molecule has 3 aliphatic rings. The van der Waals surface area contributed by atoms with E-state index in [1.165, 1.54) is 23.1 Å². The van der Waals surface area contributed by atoms with Crippen molar-refractivity contribution in [2.45, 2.75) is 51.0 Å². The van der Waals surface area contributed by atoms with Crippen LogP contribution in [0.25, 0.3) is 0 Å². The van der Waals surface area contributed by atoms with Crippen LogP contribution in [0.5, 0.6) is 5.88 Å². The summed E-state index contributed by atoms with van der Waals surface area (Å²) in [5.41, 5.74) is 0.611. The number of aromatic nitrogens is 1. The second-order valence-electron chi connectivity index (χ2n) is 11.1. The highest BCUT2D eigenvalue weighted by molar-refractivity contribution is 5.87. The van der Waals surface area contributed by atoms with E-state index in [0.717, 1.165) is 31.0 Å². The molecule has 1 amide bonds. The minimum absolute atomic E-state index is 0.00919. The molecular formula is C30H34F4N6O2. The summed E-state index contributed by atoms with van der Waals surface area (Å²) < 4.78 is 62.2. The first-order chi connectivity index (χ1) is 20.0. The molecule has 12 heteroatoms. The zero-order valence-corrected chi connectivity index (χ0v) is 23.8. The summed E-state index contributed by atoms with van der Waals surface area (Å²) in [7, 11) is 2.01. The van der Waals surface area contributed by atoms with Crippen LogP contribution >= 0.6 is 0 Å². The van der Waals surface area contributed by atoms with Crippen LogP contribution in [0.1, 0.15) is 42.1 Å². The third-order valence-electron chi connectivity index (χ3n) is 8.51. The number of nitriles is 1. The highest BCUT2D eigenvalue weighted by Crippen LogP contribution is 2.42. The third kappa shape index (κ3) is 5.62. The van der Waals surface area contributed by atoms with Gasteiger partial charge in [0, 0.05) is 43.8 Å². The van der Waals surface area contributed by atoms with Crippen molar-refractivity contribution in [3.05, 3.63) is 59.1 Å². The Bertz CT molecular complexity index is 1410. The molecule has 0 bridgehead atoms. The van der Waals surface area contributed by atoms with Gasteiger partial charge in [0.25, 0.3) is 0 Å². The van der Waals surface area contributed by atoms with Crippen LogP contribution in [0.4, 0.5) is 28.9 Å². The van der Waals surface area contributed by atoms with Crippen molar-refractivity contribution in [2.75, 3.05) is 56.2 Å². The second-order valence-corrected chi connectivity index (χ2v) is 11.1. The van der Waals surface area contributed by atoms with Crippen LogP contribution in [-0.4, -0.2) is 79.2 Å². The molecule has 1 aromatic heterocycles. The number of carbonyl (C=O) groups is 1. The van der Waals surface area contributed by atoms with Crippen molar-refractivity contribution in [3.8, 4) is 11.9 Å². The molecule has 0 spiro atoms. The number of amides is 1. The number of likely N-dealkylation sites (N-methyl/N-ethyl adjacent to an activating group) is 1. The molecule has 0 N–H and O–H groups in total. The van der Waals surface area contributed by atoms with Gasteiger partial charge in [-0.1, -0.05) is 12.6 Å². The Morgan fingerprint density at radius 1 is 1.24 bits per heavy atom. The summed E-state index contributed by atoms with van der Waals surface area (Å²) in [6.45, 7) is 8.25. The Kier molecular flexibility index (Phi) is 8.32. The lowest BCUT2D eigenvalue weighted by Crippen LogP contribution is -2.54. The standard InChI is InChI=1S/C30H34F4N6O2/c1-4-26(41)40-14-13-39(16-19(40)2)28-21-10-12-38(25-9-5-8-23(31)27(25)30(32,33)34)17-24(21)36-29(22(28)15-35)42-18-20-7-6-11-37(20)3/h4-5,8-9,19-20H,1,6-7,10-14,16-18H2,2-3H3/t19-,20-/m0/s1. The molecule has 0 aliphatic carbocycles. The SMILES string of the molecule is C=CC(=O)N1CCN(c2c(C#N)c(OC[C@@H]3CCCN3C)nc3c2CCN(c2cccc(F)c2C(F)(F)F)C3)C[C@@H]1C. The summed E-state index contributed by atoms with van der Waals surface area (Å²) >= 11 is 0. The van der Waals surface area contributed by atoms with Gasteiger partial charge in [0.2, 0.25) is 11.8 Å². The van der Waals surface area contributed by atoms with Gasteiger partial charge in [-0.05, 0) is 58.0 Å². The van der Waals surface area contributed by atoms with Crippen LogP contribution in [0.15, 0.2) is 30.9 Å². The zero-order chi connectivity index (χ0) is 30.2. The number of piperazine rings is 1. The lowest BCUT2D eigenvalue weighted by molar-refractivity contribution is -0.139. The number of hydrogen-bond acceptors (Lipinski definition) is 7. The highest BCUT2D eigenvalue weighted by atomic mass is 19.4. The predicted molar refractivity (Wildman–Crippen MR) is 150 cm³/mol. The molecule has 0 saturated carbocycles. The summed E-state index contributed by atoms with van der Waals surface area (Å²) in [6, 6.07) is 5.62. The van der Waals surface area contributed by atoms with E-state index in [2.05, 4.69) is 17.5 Å². The number of fused-ring (bicyclic) bond motifs is 1. The van der Waals surface area contributed by atoms with Gasteiger partial charge in [0.1, 0.15) is 29.6 Å². The first-order valence-electron chi connectivity index (χ1n) is 14.1. The zero-order valence-electron chi connectivity index (χ0n) is 23.8. The molecule has 4 heterocycles. The van der Waals surface area contributed by atoms with Gasteiger partial charge < -0.3 is 24.3 Å². The van der Waals surface area contributed by atoms with Crippen LogP contribution < -0.4 is 14.5 Å². The number of benzene rings is 1. The van der Waals surface area contributed by atoms with Crippen molar-refractivity contribution in [1.29, 1.82) is 5.26 Å². The molecule has 2 atom stereocenters. The number of anilines is 2. The van der Waals surface area contributed by atoms with Crippen LogP contribution in [-0.2, 0) is 23.9 Å². The normalized spacial score (nSPS) is 21.2. The monoisotopic (exact) mass is 586 g/mol. The van der Waals surface area contributed by atoms with Gasteiger partial charge in [0.15, 0.2) is 0 Å². The Balaban J connectivity index is 1.55. The minimum atomic E-state index is -4.87. The largest absolute Gasteiger partial charge is 0.475 e. The third-order valence-corrected chi connectivity index (χ3v) is 8.51. The van der Waals surface area contributed by atoms with Gasteiger partial charge >= 0.3 is 6.18 Å². The molecule has 2 fully saturated rings. The number of nitrogens with zero attached hydrogens (tertiary/aromatic N) is 6. The van der Waals surface area contributed by atoms with Crippen molar-refractivity contribution in [2.24, 2.45) is 0 Å². The molecule has 3 aliphatic heterocycles. The molecule has 0 radical (unpaired) electrons. The number of pyridine rings is 1. The van der Waals surface area contributed by atoms with Crippen LogP contribution in [0.2, 0.25) is 0 Å². The summed E-state index contributed by atoms with van der Waals surface area (Å²) in [5, 5.41) is 10.3. The van der Waals surface area contributed by atoms with E-state index in [1.54, 1.807) is 4.90 Å². The van der Waals surface area contributed by atoms with Gasteiger partial charge in [0.05, 0.1) is 23.6 Å². The van der Waals surface area contributed by atoms with Crippen molar-refractivity contribution in [3.63, 3.8) is 0 Å². The van der Waals surface area contributed by atoms with Gasteiger partial charge in [-0.3, -0.25) is 4.79 Å². The quantitative estimate of drug-likeness (QED) is 0.368. The summed E-state index contributed by atoms with van der Waals surface area (Å²) in [6.07, 6.45) is -1.31. The maximum atomic E-state index is 14.4. The molecule has 1 aromatic carbocycles. The predicted octanol–water partition coefficient (Wildman–Crippen LogP) is 4.37. The summed E-state index contributed by atoms with van der Waals surface area (Å²) in [4.78, 5) is 24.5. The first kappa shape index (κ1) is 29.6. The van der Waals surface area contributed by atoms with Crippen molar-refractivity contribution >= 4 is 17.3 Å². The van der Waals surface area contributed by atoms with Crippen molar-refractivity contribution in [1.82, 2.24) is 14.8 Å². The highest BCUT2D eigenvalue weighted by Gasteiger charge is 2.40. The Morgan fingerprint density at radius 2 is 2.02 bits per heavy atom. The maximum Gasteiger partial charge on any atom is 0.421 e. The van der Waals surface area contributed by atoms with E-state index < -0.39 is 17.6 Å². The van der Waals surface area contributed by atoms with Crippen LogP contribution in [0, 0.1) is 17.1 Å². The average Bonchev–Trinajstić information content (AvgIpc) is 3.37. The van der Waals surface area contributed by atoms with Gasteiger partial charge in [-0.25, -0.2) is 9.37 Å². The molecule has 224 valence electrons. The topological polar surface area (TPSA) is 75.9 Å². The summed E-state index contributed by atoms with van der Waals surface area (Å²) in [5.74, 6) is -1.36. The number of carbonyl (C=O) groups excluding carboxylic acids is 1. The maximum absolute atomic E-state index is 14.4. The van der Waals surface area contributed by atoms with E-state index in [4.69, 9.17) is 9.72 Å². The molecule has 2 aromatic rings. The lowest BCUT2D eigenvalue weighted by Gasteiger charge is -2.42. The fourth-order valence-electron chi connectivity index (χ4n) is 6.32. The Hall–Kier alpha value is -3.85. The molecule has 0 unspecified atom stereocenters. The Labute approximate surface area is 242 Å². The fraction of sp³-hybridized carbons (Fsp3) is 0.500. The molecule has 42 heavy (non-hydrogen) atoms. The van der Waals surface area contributed by atoms with Crippen molar-refractivity contribution < 1.29 is 27.1 Å². The smallest absolute Gasteiger partial charge is 0.421 e. The number of likely N-dealkylation sites (tertiary alicyclic amines) is 1. The van der Waals surface area contributed by atoms with Gasteiger partial charge in [-0.15, -0.1) is 0 Å². The number of rotatable bonds is 6. The lowest BCUT2D eigenvalue weighted by atomic mass is 9.96. The minimum Gasteiger partial charge on any atom is -0.475 e. The molecule has 2 saturated heterocycles. The number of hydrogen-bond donors (Lipinski definition) is 0. The number of alkyl halides is 3. The van der Waals surface area contributed by atoms with E-state index in [0.29, 0.717) is 44.0 Å². The fourth-order valence-corrected chi connectivity index (χ4v) is 6.32. The Morgan fingerprint density at radius 3 is 2.67 bits per heavy atom. The molecular weight excluding hydrogens is 552 g/mol. The van der Waals surface area contributed by atoms with E-state index in [1.807, 2.05) is 18.9 Å². The van der Waals surface area contributed by atoms with E-state index >= 15 is 0 Å². The van der Waals surface area contributed by atoms with E-state index in [-0.39, 0.29) is 48.2 Å². The average molecular weight is 587 g/mol. The van der Waals surface area contributed by atoms with Crippen LogP contribution in [0.3, 0.4) is 0 Å². The molecule has 8 nitrogen and oxygen atoms in total. The number of ether oxygens (including phenoxy) is 1. The van der Waals surface area contributed by atoms with Gasteiger partial charge in [-0.2, -0.15) is 18.4 Å². The first-order valence-corrected chi connectivity index (χ1v) is 14.1. The number of halogens is 4. The molecule has 5 rings (SSSR count). The van der Waals surface area contributed by atoms with E-state index in [9.17, 15) is 27.6 Å². The second kappa shape index (κ2) is 11.8.